The summed E-state index contributed by atoms with van der Waals surface area (Å²) in [4.78, 5) is 35.1. The SMILES string of the molecule is O=C(CBr)c1cc(=O)oc2c(C(=O)CBr)cccc12. The Morgan fingerprint density at radius 3 is 2.32 bits per heavy atom. The summed E-state index contributed by atoms with van der Waals surface area (Å²) < 4.78 is 5.09. The van der Waals surface area contributed by atoms with Crippen molar-refractivity contribution in [2.45, 2.75) is 0 Å². The Morgan fingerprint density at radius 2 is 1.68 bits per heavy atom. The first-order chi connectivity index (χ1) is 9.08. The van der Waals surface area contributed by atoms with Gasteiger partial charge in [-0.1, -0.05) is 44.0 Å². The van der Waals surface area contributed by atoms with Crippen molar-refractivity contribution >= 4 is 54.4 Å². The minimum Gasteiger partial charge on any atom is -0.422 e. The Balaban J connectivity index is 2.85. The molecular formula is C13H8Br2O4. The second kappa shape index (κ2) is 5.79. The van der Waals surface area contributed by atoms with Gasteiger partial charge in [0.1, 0.15) is 5.58 Å². The summed E-state index contributed by atoms with van der Waals surface area (Å²) in [6.45, 7) is 0. The molecule has 0 amide bonds. The van der Waals surface area contributed by atoms with Gasteiger partial charge in [0, 0.05) is 17.0 Å². The zero-order valence-corrected chi connectivity index (χ0v) is 12.8. The fraction of sp³-hybridized carbons (Fsp3) is 0.154. The average Bonchev–Trinajstić information content (AvgIpc) is 2.44. The van der Waals surface area contributed by atoms with Crippen LogP contribution in [-0.2, 0) is 0 Å². The quantitative estimate of drug-likeness (QED) is 0.459. The van der Waals surface area contributed by atoms with Crippen LogP contribution < -0.4 is 5.63 Å². The summed E-state index contributed by atoms with van der Waals surface area (Å²) in [5.74, 6) is -0.446. The standard InChI is InChI=1S/C13H8Br2O4/c14-5-10(16)8-3-1-2-7-9(11(17)6-15)4-12(18)19-13(7)8/h1-4H,5-6H2. The Labute approximate surface area is 125 Å². The zero-order chi connectivity index (χ0) is 14.0. The van der Waals surface area contributed by atoms with Gasteiger partial charge in [-0.15, -0.1) is 0 Å². The van der Waals surface area contributed by atoms with E-state index in [9.17, 15) is 14.4 Å². The Hall–Kier alpha value is -1.27. The van der Waals surface area contributed by atoms with Crippen LogP contribution in [0.25, 0.3) is 11.0 Å². The summed E-state index contributed by atoms with van der Waals surface area (Å²) in [7, 11) is 0. The molecule has 19 heavy (non-hydrogen) atoms. The van der Waals surface area contributed by atoms with E-state index in [1.165, 1.54) is 0 Å². The van der Waals surface area contributed by atoms with Crippen LogP contribution in [0.2, 0.25) is 0 Å². The second-order valence-corrected chi connectivity index (χ2v) is 4.90. The van der Waals surface area contributed by atoms with Crippen molar-refractivity contribution in [3.63, 3.8) is 0 Å². The lowest BCUT2D eigenvalue weighted by Crippen LogP contribution is -2.10. The molecule has 0 spiro atoms. The molecule has 4 nitrogen and oxygen atoms in total. The van der Waals surface area contributed by atoms with Gasteiger partial charge < -0.3 is 4.42 Å². The van der Waals surface area contributed by atoms with Gasteiger partial charge in [-0.3, -0.25) is 9.59 Å². The number of alkyl halides is 2. The summed E-state index contributed by atoms with van der Waals surface area (Å²) in [6, 6.07) is 6.02. The van der Waals surface area contributed by atoms with Crippen molar-refractivity contribution in [2.24, 2.45) is 0 Å². The first kappa shape index (κ1) is 14.1. The van der Waals surface area contributed by atoms with Crippen LogP contribution in [0.4, 0.5) is 0 Å². The van der Waals surface area contributed by atoms with Gasteiger partial charge in [-0.05, 0) is 6.07 Å². The maximum absolute atomic E-state index is 11.8. The maximum Gasteiger partial charge on any atom is 0.336 e. The lowest BCUT2D eigenvalue weighted by Gasteiger charge is -2.06. The monoisotopic (exact) mass is 386 g/mol. The van der Waals surface area contributed by atoms with Gasteiger partial charge in [0.15, 0.2) is 11.6 Å². The van der Waals surface area contributed by atoms with E-state index >= 15 is 0 Å². The van der Waals surface area contributed by atoms with E-state index in [0.717, 1.165) is 6.07 Å². The zero-order valence-electron chi connectivity index (χ0n) is 9.61. The Bertz CT molecular complexity index is 718. The Morgan fingerprint density at radius 1 is 1.05 bits per heavy atom. The van der Waals surface area contributed by atoms with Gasteiger partial charge >= 0.3 is 5.63 Å². The van der Waals surface area contributed by atoms with E-state index in [1.54, 1.807) is 18.2 Å². The molecule has 1 heterocycles. The molecule has 0 aliphatic rings. The highest BCUT2D eigenvalue weighted by Gasteiger charge is 2.17. The summed E-state index contributed by atoms with van der Waals surface area (Å²) in [6.07, 6.45) is 0. The molecule has 0 N–H and O–H groups in total. The normalized spacial score (nSPS) is 10.6. The number of carbonyl (C=O) groups is 2. The van der Waals surface area contributed by atoms with Crippen LogP contribution in [0.5, 0.6) is 0 Å². The molecule has 6 heteroatoms. The number of para-hydroxylation sites is 1. The first-order valence-electron chi connectivity index (χ1n) is 5.33. The van der Waals surface area contributed by atoms with Crippen LogP contribution in [-0.4, -0.2) is 22.2 Å². The fourth-order valence-electron chi connectivity index (χ4n) is 1.78. The van der Waals surface area contributed by atoms with E-state index in [4.69, 9.17) is 4.42 Å². The number of rotatable bonds is 4. The van der Waals surface area contributed by atoms with Gasteiger partial charge in [-0.2, -0.15) is 0 Å². The number of hydrogen-bond acceptors (Lipinski definition) is 4. The third kappa shape index (κ3) is 2.69. The largest absolute Gasteiger partial charge is 0.422 e. The van der Waals surface area contributed by atoms with E-state index in [1.807, 2.05) is 0 Å². The molecule has 2 aromatic rings. The topological polar surface area (TPSA) is 64.3 Å². The van der Waals surface area contributed by atoms with Gasteiger partial charge in [-0.25, -0.2) is 4.79 Å². The summed E-state index contributed by atoms with van der Waals surface area (Å²) in [5, 5.41) is 0.685. The van der Waals surface area contributed by atoms with Crippen molar-refractivity contribution in [3.8, 4) is 0 Å². The predicted molar refractivity (Wildman–Crippen MR) is 78.7 cm³/mol. The number of benzene rings is 1. The number of carbonyl (C=O) groups excluding carboxylic acids is 2. The highest BCUT2D eigenvalue weighted by atomic mass is 79.9. The van der Waals surface area contributed by atoms with Crippen LogP contribution >= 0.6 is 31.9 Å². The molecule has 0 saturated carbocycles. The molecular weight excluding hydrogens is 380 g/mol. The predicted octanol–water partition coefficient (Wildman–Crippen LogP) is 2.95. The number of hydrogen-bond donors (Lipinski definition) is 0. The lowest BCUT2D eigenvalue weighted by molar-refractivity contribution is 0.101. The third-order valence-corrected chi connectivity index (χ3v) is 3.63. The highest BCUT2D eigenvalue weighted by Crippen LogP contribution is 2.22. The summed E-state index contributed by atoms with van der Waals surface area (Å²) in [5.41, 5.74) is 0.0541. The number of halogens is 2. The average molecular weight is 388 g/mol. The molecule has 0 saturated heterocycles. The van der Waals surface area contributed by atoms with Gasteiger partial charge in [0.2, 0.25) is 0 Å². The molecule has 0 bridgehead atoms. The lowest BCUT2D eigenvalue weighted by atomic mass is 10.0. The molecule has 0 atom stereocenters. The van der Waals surface area contributed by atoms with E-state index in [0.29, 0.717) is 5.39 Å². The van der Waals surface area contributed by atoms with E-state index in [2.05, 4.69) is 31.9 Å². The molecule has 0 unspecified atom stereocenters. The highest BCUT2D eigenvalue weighted by molar-refractivity contribution is 9.09. The van der Waals surface area contributed by atoms with Crippen molar-refractivity contribution in [1.82, 2.24) is 0 Å². The smallest absolute Gasteiger partial charge is 0.336 e. The van der Waals surface area contributed by atoms with Crippen LogP contribution in [0, 0.1) is 0 Å². The van der Waals surface area contributed by atoms with Crippen LogP contribution in [0.1, 0.15) is 20.7 Å². The minimum absolute atomic E-state index is 0.0994. The number of fused-ring (bicyclic) bond motifs is 1. The molecule has 1 aromatic heterocycles. The molecule has 0 fully saturated rings. The van der Waals surface area contributed by atoms with Crippen LogP contribution in [0.3, 0.4) is 0 Å². The molecule has 0 radical (unpaired) electrons. The molecule has 1 aromatic carbocycles. The number of Topliss-reactive ketones (excluding diaryl/α,β-unsaturated/α-hetero) is 2. The van der Waals surface area contributed by atoms with Crippen molar-refractivity contribution < 1.29 is 14.0 Å². The Kier molecular flexibility index (Phi) is 4.31. The second-order valence-electron chi connectivity index (χ2n) is 3.77. The van der Waals surface area contributed by atoms with Gasteiger partial charge in [0.25, 0.3) is 0 Å². The fourth-order valence-corrected chi connectivity index (χ4v) is 2.38. The first-order valence-corrected chi connectivity index (χ1v) is 7.58. The van der Waals surface area contributed by atoms with Crippen LogP contribution in [0.15, 0.2) is 33.5 Å². The number of ketones is 2. The van der Waals surface area contributed by atoms with E-state index < -0.39 is 5.63 Å². The molecule has 0 aliphatic carbocycles. The molecule has 98 valence electrons. The van der Waals surface area contributed by atoms with Crippen molar-refractivity contribution in [2.75, 3.05) is 10.7 Å². The molecule has 2 rings (SSSR count). The third-order valence-electron chi connectivity index (χ3n) is 2.61. The maximum atomic E-state index is 11.8. The van der Waals surface area contributed by atoms with Gasteiger partial charge in [0.05, 0.1) is 16.2 Å². The minimum atomic E-state index is -0.647. The summed E-state index contributed by atoms with van der Waals surface area (Å²) >= 11 is 6.14. The molecule has 0 aliphatic heterocycles. The van der Waals surface area contributed by atoms with Crippen molar-refractivity contribution in [3.05, 3.63) is 45.8 Å². The van der Waals surface area contributed by atoms with E-state index in [-0.39, 0.29) is 38.9 Å². The van der Waals surface area contributed by atoms with Crippen molar-refractivity contribution in [1.29, 1.82) is 0 Å².